The van der Waals surface area contributed by atoms with Crippen molar-refractivity contribution in [1.82, 2.24) is 10.3 Å². The number of methoxy groups -OCH3 is 2. The molecule has 1 unspecified atom stereocenters. The molecule has 11 nitrogen and oxygen atoms in total. The molecule has 13 heteroatoms. The van der Waals surface area contributed by atoms with E-state index in [2.05, 4.69) is 20.9 Å². The van der Waals surface area contributed by atoms with Gasteiger partial charge in [0.25, 0.3) is 11.8 Å². The quantitative estimate of drug-likeness (QED) is 0.0859. The van der Waals surface area contributed by atoms with Gasteiger partial charge in [0.15, 0.2) is 16.6 Å². The molecule has 3 N–H and O–H groups in total. The topological polar surface area (TPSA) is 145 Å². The number of ether oxygens (including phenoxy) is 3. The summed E-state index contributed by atoms with van der Waals surface area (Å²) < 4.78 is 15.6. The van der Waals surface area contributed by atoms with Crippen LogP contribution in [0.3, 0.4) is 0 Å². The summed E-state index contributed by atoms with van der Waals surface area (Å²) >= 11 is 2.57. The number of thioether (sulfide) groups is 1. The minimum absolute atomic E-state index is 0.0161. The summed E-state index contributed by atoms with van der Waals surface area (Å²) in [4.78, 5) is 56.0. The Balaban J connectivity index is 1.41. The number of esters is 1. The van der Waals surface area contributed by atoms with Gasteiger partial charge in [-0.1, -0.05) is 24.3 Å². The van der Waals surface area contributed by atoms with Crippen molar-refractivity contribution in [1.29, 1.82) is 0 Å². The number of nitrogens with zero attached hydrogens (tertiary/aromatic N) is 1. The Bertz CT molecular complexity index is 1740. The molecule has 0 aliphatic carbocycles. The van der Waals surface area contributed by atoms with Gasteiger partial charge in [0.2, 0.25) is 5.91 Å². The van der Waals surface area contributed by atoms with Gasteiger partial charge >= 0.3 is 5.97 Å². The first-order valence-electron chi connectivity index (χ1n) is 14.5. The number of carbonyl (C=O) groups is 4. The second-order valence-corrected chi connectivity index (χ2v) is 12.1. The van der Waals surface area contributed by atoms with E-state index >= 15 is 0 Å². The van der Waals surface area contributed by atoms with E-state index < -0.39 is 17.1 Å². The number of anilines is 2. The fraction of sp³-hybridized carbons (Fsp3) is 0.206. The number of amides is 3. The van der Waals surface area contributed by atoms with E-state index in [1.54, 1.807) is 98.1 Å². The molecule has 0 fully saturated rings. The maximum absolute atomic E-state index is 13.4. The Morgan fingerprint density at radius 3 is 2.34 bits per heavy atom. The van der Waals surface area contributed by atoms with Crippen LogP contribution in [-0.2, 0) is 25.5 Å². The Kier molecular flexibility index (Phi) is 12.5. The number of thiazole rings is 1. The second-order valence-electron chi connectivity index (χ2n) is 9.85. The number of aromatic nitrogens is 1. The molecule has 3 amide bonds. The fourth-order valence-electron chi connectivity index (χ4n) is 4.14. The largest absolute Gasteiger partial charge is 0.493 e. The van der Waals surface area contributed by atoms with Crippen LogP contribution < -0.4 is 25.4 Å². The predicted octanol–water partition coefficient (Wildman–Crippen LogP) is 5.79. The molecule has 1 heterocycles. The average molecular weight is 675 g/mol. The molecule has 0 saturated carbocycles. The number of nitrogens with one attached hydrogen (secondary N) is 3. The van der Waals surface area contributed by atoms with Crippen molar-refractivity contribution in [2.24, 2.45) is 0 Å². The number of hydrogen-bond donors (Lipinski definition) is 3. The van der Waals surface area contributed by atoms with Gasteiger partial charge in [-0.3, -0.25) is 19.2 Å². The van der Waals surface area contributed by atoms with E-state index in [4.69, 9.17) is 14.2 Å². The summed E-state index contributed by atoms with van der Waals surface area (Å²) in [7, 11) is 3.04. The van der Waals surface area contributed by atoms with Crippen LogP contribution in [0.1, 0.15) is 35.5 Å². The molecule has 1 aromatic heterocycles. The van der Waals surface area contributed by atoms with Gasteiger partial charge in [0.1, 0.15) is 5.70 Å². The zero-order chi connectivity index (χ0) is 33.8. The lowest BCUT2D eigenvalue weighted by atomic mass is 10.1. The van der Waals surface area contributed by atoms with Gasteiger partial charge in [-0.15, -0.1) is 23.1 Å². The van der Waals surface area contributed by atoms with E-state index in [1.807, 2.05) is 0 Å². The van der Waals surface area contributed by atoms with Crippen molar-refractivity contribution in [3.63, 3.8) is 0 Å². The standard InChI is InChI=1S/C34H34N4O7S2/c1-5-45-30(39)19-25-20-46-34(36-25)38-31(40)21(2)47-26-14-12-24(13-15-26)35-33(42)27(37-32(41)23-9-7-6-8-10-23)17-22-11-16-28(43-3)29(18-22)44-4/h6-18,20-21H,5,19H2,1-4H3,(H,35,42)(H,37,41)(H,36,38,40)/b27-17-. The van der Waals surface area contributed by atoms with Crippen molar-refractivity contribution in [2.75, 3.05) is 31.5 Å². The molecule has 47 heavy (non-hydrogen) atoms. The van der Waals surface area contributed by atoms with Crippen LogP contribution in [0.4, 0.5) is 10.8 Å². The third-order valence-electron chi connectivity index (χ3n) is 6.45. The van der Waals surface area contributed by atoms with Crippen molar-refractivity contribution in [2.45, 2.75) is 30.4 Å². The monoisotopic (exact) mass is 674 g/mol. The van der Waals surface area contributed by atoms with Crippen molar-refractivity contribution in [3.8, 4) is 11.5 Å². The molecule has 244 valence electrons. The Morgan fingerprint density at radius 1 is 0.936 bits per heavy atom. The van der Waals surface area contributed by atoms with E-state index in [9.17, 15) is 19.2 Å². The molecule has 3 aromatic carbocycles. The van der Waals surface area contributed by atoms with Crippen molar-refractivity contribution in [3.05, 3.63) is 101 Å². The molecule has 0 aliphatic heterocycles. The summed E-state index contributed by atoms with van der Waals surface area (Å²) in [6.07, 6.45) is 1.59. The first-order chi connectivity index (χ1) is 22.7. The van der Waals surface area contributed by atoms with E-state index in [1.165, 1.54) is 37.3 Å². The highest BCUT2D eigenvalue weighted by atomic mass is 32.2. The Labute approximate surface area is 280 Å². The zero-order valence-corrected chi connectivity index (χ0v) is 27.8. The summed E-state index contributed by atoms with van der Waals surface area (Å²) in [6, 6.07) is 20.7. The molecule has 0 saturated heterocycles. The molecule has 0 aliphatic rings. The summed E-state index contributed by atoms with van der Waals surface area (Å²) in [5.41, 5.74) is 2.03. The van der Waals surface area contributed by atoms with Crippen molar-refractivity contribution >= 4 is 63.7 Å². The smallest absolute Gasteiger partial charge is 0.311 e. The van der Waals surface area contributed by atoms with Crippen molar-refractivity contribution < 1.29 is 33.4 Å². The van der Waals surface area contributed by atoms with Gasteiger partial charge < -0.3 is 30.2 Å². The molecule has 0 bridgehead atoms. The average Bonchev–Trinajstić information content (AvgIpc) is 3.51. The first kappa shape index (κ1) is 34.7. The number of benzene rings is 3. The molecule has 0 spiro atoms. The maximum atomic E-state index is 13.4. The van der Waals surface area contributed by atoms with E-state index in [0.29, 0.717) is 45.7 Å². The third-order valence-corrected chi connectivity index (χ3v) is 8.37. The highest BCUT2D eigenvalue weighted by Crippen LogP contribution is 2.29. The third kappa shape index (κ3) is 10.2. The lowest BCUT2D eigenvalue weighted by Gasteiger charge is -2.13. The minimum atomic E-state index is -0.539. The Morgan fingerprint density at radius 2 is 1.66 bits per heavy atom. The lowest BCUT2D eigenvalue weighted by Crippen LogP contribution is -2.30. The summed E-state index contributed by atoms with van der Waals surface area (Å²) in [5.74, 6) is -0.610. The van der Waals surface area contributed by atoms with Gasteiger partial charge in [-0.25, -0.2) is 4.98 Å². The highest BCUT2D eigenvalue weighted by molar-refractivity contribution is 8.00. The predicted molar refractivity (Wildman–Crippen MR) is 183 cm³/mol. The molecule has 4 aromatic rings. The molecule has 0 radical (unpaired) electrons. The minimum Gasteiger partial charge on any atom is -0.493 e. The van der Waals surface area contributed by atoms with Crippen LogP contribution >= 0.6 is 23.1 Å². The lowest BCUT2D eigenvalue weighted by molar-refractivity contribution is -0.142. The van der Waals surface area contributed by atoms with E-state index in [-0.39, 0.29) is 24.0 Å². The van der Waals surface area contributed by atoms with Gasteiger partial charge in [-0.2, -0.15) is 0 Å². The Hall–Kier alpha value is -5.14. The zero-order valence-electron chi connectivity index (χ0n) is 26.2. The normalized spacial score (nSPS) is 11.6. The number of hydrogen-bond acceptors (Lipinski definition) is 10. The molecular formula is C34H34N4O7S2. The summed E-state index contributed by atoms with van der Waals surface area (Å²) in [6.45, 7) is 3.79. The number of carbonyl (C=O) groups excluding carboxylic acids is 4. The second kappa shape index (κ2) is 17.0. The molecule has 1 atom stereocenters. The van der Waals surface area contributed by atoms with Gasteiger partial charge in [0, 0.05) is 21.5 Å². The van der Waals surface area contributed by atoms with Gasteiger partial charge in [-0.05, 0) is 74.0 Å². The van der Waals surface area contributed by atoms with Gasteiger partial charge in [0.05, 0.1) is 38.2 Å². The molecular weight excluding hydrogens is 641 g/mol. The maximum Gasteiger partial charge on any atom is 0.311 e. The van der Waals surface area contributed by atoms with E-state index in [0.717, 1.165) is 4.90 Å². The SMILES string of the molecule is CCOC(=O)Cc1csc(NC(=O)C(C)Sc2ccc(NC(=O)/C(=C/c3ccc(OC)c(OC)c3)NC(=O)c3ccccc3)cc2)n1. The molecule has 4 rings (SSSR count). The van der Waals surface area contributed by atoms with Crippen LogP contribution in [0.15, 0.2) is 88.8 Å². The first-order valence-corrected chi connectivity index (χ1v) is 16.2. The van der Waals surface area contributed by atoms with Crippen LogP contribution in [0.5, 0.6) is 11.5 Å². The van der Waals surface area contributed by atoms with Crippen LogP contribution in [0, 0.1) is 0 Å². The highest BCUT2D eigenvalue weighted by Gasteiger charge is 2.19. The fourth-order valence-corrected chi connectivity index (χ4v) is 5.72. The van der Waals surface area contributed by atoms with Crippen LogP contribution in [0.2, 0.25) is 0 Å². The summed E-state index contributed by atoms with van der Waals surface area (Å²) in [5, 5.41) is 9.97. The number of rotatable bonds is 14. The van der Waals surface area contributed by atoms with Crippen LogP contribution in [-0.4, -0.2) is 54.8 Å². The van der Waals surface area contributed by atoms with Crippen LogP contribution in [0.25, 0.3) is 6.08 Å².